The SMILES string of the molecule is C[C@H](NC(=O)c1ccc2c(-c3ccc(C(F)(F)F)cc3)cccc2c1)c1cccc(NCCCNc2cccc3c2C(=O)N(C2CCC(=O)NC2=O)C3=O)n1. The molecule has 280 valence electrons. The molecule has 4 aromatic carbocycles. The Morgan fingerprint density at radius 2 is 1.60 bits per heavy atom. The Labute approximate surface area is 313 Å². The van der Waals surface area contributed by atoms with E-state index in [1.165, 1.54) is 12.1 Å². The minimum atomic E-state index is -4.42. The molecule has 0 spiro atoms. The number of aromatic nitrogens is 1. The lowest BCUT2D eigenvalue weighted by molar-refractivity contribution is -0.138. The molecule has 2 atom stereocenters. The zero-order chi connectivity index (χ0) is 38.9. The second-order valence-corrected chi connectivity index (χ2v) is 13.3. The van der Waals surface area contributed by atoms with Crippen molar-refractivity contribution in [2.24, 2.45) is 0 Å². The summed E-state index contributed by atoms with van der Waals surface area (Å²) in [6.45, 7) is 2.79. The summed E-state index contributed by atoms with van der Waals surface area (Å²) in [6, 6.07) is 24.6. The number of rotatable bonds is 11. The van der Waals surface area contributed by atoms with Crippen LogP contribution in [0, 0.1) is 0 Å². The van der Waals surface area contributed by atoms with E-state index in [1.807, 2.05) is 25.1 Å². The van der Waals surface area contributed by atoms with Crippen molar-refractivity contribution in [3.05, 3.63) is 125 Å². The van der Waals surface area contributed by atoms with Gasteiger partial charge in [-0.1, -0.05) is 48.5 Å². The summed E-state index contributed by atoms with van der Waals surface area (Å²) in [5.74, 6) is -1.96. The average Bonchev–Trinajstić information content (AvgIpc) is 3.43. The molecule has 0 aliphatic carbocycles. The molecular weight excluding hydrogens is 713 g/mol. The third-order valence-corrected chi connectivity index (χ3v) is 9.67. The van der Waals surface area contributed by atoms with Crippen molar-refractivity contribution in [2.75, 3.05) is 23.7 Å². The number of piperidine rings is 1. The van der Waals surface area contributed by atoms with Gasteiger partial charge in [-0.3, -0.25) is 34.2 Å². The molecule has 14 heteroatoms. The predicted octanol–water partition coefficient (Wildman–Crippen LogP) is 6.73. The third-order valence-electron chi connectivity index (χ3n) is 9.67. The average molecular weight is 749 g/mol. The molecule has 5 aromatic rings. The zero-order valence-electron chi connectivity index (χ0n) is 29.5. The van der Waals surface area contributed by atoms with Crippen LogP contribution >= 0.6 is 0 Å². The first kappa shape index (κ1) is 36.8. The number of nitrogens with zero attached hydrogens (tertiary/aromatic N) is 2. The Bertz CT molecular complexity index is 2350. The molecular formula is C41H35F3N6O5. The second-order valence-electron chi connectivity index (χ2n) is 13.3. The fourth-order valence-electron chi connectivity index (χ4n) is 6.85. The van der Waals surface area contributed by atoms with E-state index in [-0.39, 0.29) is 29.9 Å². The van der Waals surface area contributed by atoms with Gasteiger partial charge >= 0.3 is 6.18 Å². The lowest BCUT2D eigenvalue weighted by atomic mass is 9.96. The maximum atomic E-state index is 13.3. The topological polar surface area (TPSA) is 150 Å². The monoisotopic (exact) mass is 748 g/mol. The number of benzene rings is 4. The minimum Gasteiger partial charge on any atom is -0.384 e. The molecule has 1 saturated heterocycles. The van der Waals surface area contributed by atoms with Gasteiger partial charge in [0.15, 0.2) is 0 Å². The highest BCUT2D eigenvalue weighted by atomic mass is 19.4. The van der Waals surface area contributed by atoms with Crippen LogP contribution in [0.2, 0.25) is 0 Å². The van der Waals surface area contributed by atoms with Gasteiger partial charge in [-0.2, -0.15) is 13.2 Å². The molecule has 2 aliphatic rings. The number of halogens is 3. The molecule has 0 radical (unpaired) electrons. The molecule has 55 heavy (non-hydrogen) atoms. The first-order valence-corrected chi connectivity index (χ1v) is 17.7. The summed E-state index contributed by atoms with van der Waals surface area (Å²) < 4.78 is 39.2. The maximum Gasteiger partial charge on any atom is 0.416 e. The molecule has 1 aromatic heterocycles. The number of imide groups is 2. The van der Waals surface area contributed by atoms with Crippen LogP contribution in [0.15, 0.2) is 97.1 Å². The lowest BCUT2D eigenvalue weighted by Crippen LogP contribution is -2.54. The van der Waals surface area contributed by atoms with Crippen molar-refractivity contribution in [3.63, 3.8) is 0 Å². The van der Waals surface area contributed by atoms with Gasteiger partial charge in [0, 0.05) is 30.8 Å². The first-order chi connectivity index (χ1) is 26.4. The normalized spacial score (nSPS) is 16.1. The number of alkyl halides is 3. The minimum absolute atomic E-state index is 0.0422. The van der Waals surface area contributed by atoms with Gasteiger partial charge in [-0.25, -0.2) is 4.98 Å². The van der Waals surface area contributed by atoms with Gasteiger partial charge in [0.05, 0.1) is 28.4 Å². The second kappa shape index (κ2) is 15.0. The fourth-order valence-corrected chi connectivity index (χ4v) is 6.85. The smallest absolute Gasteiger partial charge is 0.384 e. The van der Waals surface area contributed by atoms with E-state index in [0.717, 1.165) is 33.4 Å². The number of amides is 5. The highest BCUT2D eigenvalue weighted by Gasteiger charge is 2.45. The quantitative estimate of drug-likeness (QED) is 0.0859. The van der Waals surface area contributed by atoms with Gasteiger partial charge in [-0.15, -0.1) is 0 Å². The van der Waals surface area contributed by atoms with Gasteiger partial charge in [-0.05, 0) is 90.2 Å². The fraction of sp³-hybridized carbons (Fsp3) is 0.220. The first-order valence-electron chi connectivity index (χ1n) is 17.7. The summed E-state index contributed by atoms with van der Waals surface area (Å²) >= 11 is 0. The highest BCUT2D eigenvalue weighted by Crippen LogP contribution is 2.35. The van der Waals surface area contributed by atoms with E-state index in [2.05, 4.69) is 26.3 Å². The molecule has 4 N–H and O–H groups in total. The van der Waals surface area contributed by atoms with Crippen LogP contribution in [-0.4, -0.2) is 58.6 Å². The molecule has 7 rings (SSSR count). The molecule has 11 nitrogen and oxygen atoms in total. The molecule has 0 bridgehead atoms. The van der Waals surface area contributed by atoms with Crippen molar-refractivity contribution >= 4 is 51.8 Å². The molecule has 1 fully saturated rings. The largest absolute Gasteiger partial charge is 0.416 e. The van der Waals surface area contributed by atoms with E-state index in [0.29, 0.717) is 47.8 Å². The Balaban J connectivity index is 0.930. The van der Waals surface area contributed by atoms with Gasteiger partial charge in [0.2, 0.25) is 11.8 Å². The van der Waals surface area contributed by atoms with Crippen LogP contribution in [0.1, 0.15) is 74.6 Å². The Morgan fingerprint density at radius 3 is 2.36 bits per heavy atom. The van der Waals surface area contributed by atoms with E-state index in [9.17, 15) is 37.1 Å². The molecule has 0 saturated carbocycles. The Hall–Kier alpha value is -6.57. The lowest BCUT2D eigenvalue weighted by Gasteiger charge is -2.27. The van der Waals surface area contributed by atoms with E-state index in [4.69, 9.17) is 0 Å². The molecule has 3 heterocycles. The third kappa shape index (κ3) is 7.61. The standard InChI is InChI=1S/C41H35F3N6O5/c1-23(47-37(52)26-14-17-29-25(22-26)6-2-7-28(29)24-12-15-27(16-13-24)41(42,43)44)31-9-4-11-34(48-31)46-21-5-20-45-32-10-3-8-30-36(32)40(55)50(39(30)54)33-18-19-35(51)49-38(33)53/h2-4,6-17,22-23,33,45H,5,18-21H2,1H3,(H,46,48)(H,47,52)(H,49,51,53)/t23-,33?/m0/s1. The molecule has 1 unspecified atom stereocenters. The molecule has 5 amide bonds. The number of nitrogens with one attached hydrogen (secondary N) is 4. The number of pyridine rings is 1. The summed E-state index contributed by atoms with van der Waals surface area (Å²) in [5.41, 5.74) is 2.59. The van der Waals surface area contributed by atoms with Crippen molar-refractivity contribution in [3.8, 4) is 11.1 Å². The molecule has 2 aliphatic heterocycles. The zero-order valence-corrected chi connectivity index (χ0v) is 29.5. The van der Waals surface area contributed by atoms with Crippen molar-refractivity contribution < 1.29 is 37.1 Å². The van der Waals surface area contributed by atoms with Crippen LogP contribution in [0.5, 0.6) is 0 Å². The highest BCUT2D eigenvalue weighted by molar-refractivity contribution is 6.25. The Kier molecular flexibility index (Phi) is 10.1. The number of carbonyl (C=O) groups excluding carboxylic acids is 5. The van der Waals surface area contributed by atoms with Crippen LogP contribution in [-0.2, 0) is 15.8 Å². The number of hydrogen-bond donors (Lipinski definition) is 4. The number of carbonyl (C=O) groups is 5. The van der Waals surface area contributed by atoms with Crippen LogP contribution in [0.3, 0.4) is 0 Å². The Morgan fingerprint density at radius 1 is 0.873 bits per heavy atom. The number of anilines is 2. The van der Waals surface area contributed by atoms with Crippen LogP contribution < -0.4 is 21.3 Å². The summed E-state index contributed by atoms with van der Waals surface area (Å²) in [7, 11) is 0. The van der Waals surface area contributed by atoms with Crippen LogP contribution in [0.25, 0.3) is 21.9 Å². The van der Waals surface area contributed by atoms with Gasteiger partial charge < -0.3 is 16.0 Å². The summed E-state index contributed by atoms with van der Waals surface area (Å²) in [4.78, 5) is 69.3. The van der Waals surface area contributed by atoms with Crippen molar-refractivity contribution in [2.45, 2.75) is 44.4 Å². The summed E-state index contributed by atoms with van der Waals surface area (Å²) in [6.07, 6.45) is -3.69. The van der Waals surface area contributed by atoms with E-state index in [1.54, 1.807) is 54.6 Å². The van der Waals surface area contributed by atoms with Gasteiger partial charge in [0.1, 0.15) is 11.9 Å². The summed E-state index contributed by atoms with van der Waals surface area (Å²) in [5, 5.41) is 13.2. The predicted molar refractivity (Wildman–Crippen MR) is 199 cm³/mol. The van der Waals surface area contributed by atoms with Crippen molar-refractivity contribution in [1.29, 1.82) is 0 Å². The van der Waals surface area contributed by atoms with Crippen LogP contribution in [0.4, 0.5) is 24.7 Å². The number of hydrogen-bond acceptors (Lipinski definition) is 8. The van der Waals surface area contributed by atoms with Crippen molar-refractivity contribution in [1.82, 2.24) is 20.5 Å². The number of fused-ring (bicyclic) bond motifs is 2. The van der Waals surface area contributed by atoms with E-state index < -0.39 is 47.5 Å². The van der Waals surface area contributed by atoms with Gasteiger partial charge in [0.25, 0.3) is 17.7 Å². The maximum absolute atomic E-state index is 13.3. The van der Waals surface area contributed by atoms with E-state index >= 15 is 0 Å².